The first-order chi connectivity index (χ1) is 9.02. The second-order valence-corrected chi connectivity index (χ2v) is 5.82. The van der Waals surface area contributed by atoms with Crippen molar-refractivity contribution >= 4 is 43.5 Å². The maximum absolute atomic E-state index is 14.1. The molecular formula is C13H9Br2ClFNO. The first-order valence-electron chi connectivity index (χ1n) is 5.32. The summed E-state index contributed by atoms with van der Waals surface area (Å²) in [6.45, 7) is 0.252. The van der Waals surface area contributed by atoms with Gasteiger partial charge in [-0.2, -0.15) is 0 Å². The lowest BCUT2D eigenvalue weighted by Crippen LogP contribution is -2.00. The maximum Gasteiger partial charge on any atom is 0.180 e. The summed E-state index contributed by atoms with van der Waals surface area (Å²) in [5.41, 5.74) is 6.18. The third kappa shape index (κ3) is 3.28. The van der Waals surface area contributed by atoms with Gasteiger partial charge < -0.3 is 10.5 Å². The van der Waals surface area contributed by atoms with Gasteiger partial charge in [-0.1, -0.05) is 17.7 Å². The monoisotopic (exact) mass is 407 g/mol. The van der Waals surface area contributed by atoms with Crippen LogP contribution in [0.2, 0.25) is 5.02 Å². The molecule has 2 nitrogen and oxygen atoms in total. The van der Waals surface area contributed by atoms with Gasteiger partial charge in [0.1, 0.15) is 5.75 Å². The van der Waals surface area contributed by atoms with Gasteiger partial charge in [-0.05, 0) is 61.7 Å². The number of benzene rings is 2. The Morgan fingerprint density at radius 2 is 1.84 bits per heavy atom. The highest BCUT2D eigenvalue weighted by Gasteiger charge is 2.13. The van der Waals surface area contributed by atoms with Crippen LogP contribution >= 0.6 is 43.5 Å². The van der Waals surface area contributed by atoms with E-state index in [0.717, 1.165) is 0 Å². The molecule has 0 amide bonds. The number of hydrogen-bond acceptors (Lipinski definition) is 2. The van der Waals surface area contributed by atoms with Crippen molar-refractivity contribution in [2.45, 2.75) is 6.54 Å². The summed E-state index contributed by atoms with van der Waals surface area (Å²) in [5, 5.41) is 0.569. The van der Waals surface area contributed by atoms with E-state index in [4.69, 9.17) is 22.1 Å². The van der Waals surface area contributed by atoms with E-state index in [9.17, 15) is 4.39 Å². The van der Waals surface area contributed by atoms with Crippen LogP contribution in [-0.2, 0) is 6.54 Å². The van der Waals surface area contributed by atoms with Gasteiger partial charge in [-0.15, -0.1) is 0 Å². The fraction of sp³-hybridized carbons (Fsp3) is 0.0769. The molecule has 2 N–H and O–H groups in total. The van der Waals surface area contributed by atoms with Crippen molar-refractivity contribution in [2.75, 3.05) is 0 Å². The molecule has 0 radical (unpaired) electrons. The fourth-order valence-electron chi connectivity index (χ4n) is 1.48. The van der Waals surface area contributed by atoms with Gasteiger partial charge in [0.15, 0.2) is 11.6 Å². The molecule has 0 unspecified atom stereocenters. The van der Waals surface area contributed by atoms with Crippen molar-refractivity contribution in [3.63, 3.8) is 0 Å². The zero-order valence-corrected chi connectivity index (χ0v) is 13.5. The van der Waals surface area contributed by atoms with Gasteiger partial charge in [0.2, 0.25) is 0 Å². The molecule has 0 spiro atoms. The highest BCUT2D eigenvalue weighted by atomic mass is 79.9. The van der Waals surface area contributed by atoms with Crippen molar-refractivity contribution in [3.8, 4) is 11.5 Å². The molecule has 6 heteroatoms. The molecule has 2 aromatic carbocycles. The van der Waals surface area contributed by atoms with Crippen molar-refractivity contribution in [1.82, 2.24) is 0 Å². The van der Waals surface area contributed by atoms with Crippen LogP contribution in [0.1, 0.15) is 5.56 Å². The zero-order chi connectivity index (χ0) is 14.0. The first kappa shape index (κ1) is 14.8. The second-order valence-electron chi connectivity index (χ2n) is 3.73. The number of nitrogens with two attached hydrogens (primary N) is 1. The van der Waals surface area contributed by atoms with E-state index in [1.165, 1.54) is 0 Å². The standard InChI is InChI=1S/C13H9Br2ClFNO/c14-9-5-8(16)2-4-10(9)19-11-3-1-7(6-18)12(15)13(11)17/h1-5H,6,18H2. The molecule has 100 valence electrons. The summed E-state index contributed by atoms with van der Waals surface area (Å²) in [7, 11) is 0. The maximum atomic E-state index is 14.1. The average molecular weight is 409 g/mol. The highest BCUT2D eigenvalue weighted by molar-refractivity contribution is 9.10. The van der Waals surface area contributed by atoms with Gasteiger partial charge in [-0.25, -0.2) is 4.39 Å². The molecule has 0 atom stereocenters. The summed E-state index contributed by atoms with van der Waals surface area (Å²) in [5.74, 6) is 0.118. The zero-order valence-electron chi connectivity index (χ0n) is 9.59. The fourth-order valence-corrected chi connectivity index (χ4v) is 2.74. The van der Waals surface area contributed by atoms with Crippen LogP contribution in [-0.4, -0.2) is 0 Å². The van der Waals surface area contributed by atoms with E-state index >= 15 is 0 Å². The van der Waals surface area contributed by atoms with Gasteiger partial charge in [-0.3, -0.25) is 0 Å². The minimum Gasteiger partial charge on any atom is -0.453 e. The number of rotatable bonds is 3. The Kier molecular flexibility index (Phi) is 4.84. The predicted octanol–water partition coefficient (Wildman–Crippen LogP) is 5.26. The molecule has 0 saturated carbocycles. The highest BCUT2D eigenvalue weighted by Crippen LogP contribution is 2.35. The van der Waals surface area contributed by atoms with E-state index < -0.39 is 5.82 Å². The Balaban J connectivity index is 2.36. The molecule has 19 heavy (non-hydrogen) atoms. The largest absolute Gasteiger partial charge is 0.453 e. The van der Waals surface area contributed by atoms with E-state index in [-0.39, 0.29) is 12.3 Å². The Bertz CT molecular complexity index is 622. The summed E-state index contributed by atoms with van der Waals surface area (Å²) in [6, 6.07) is 8.27. The number of ether oxygens (including phenoxy) is 1. The van der Waals surface area contributed by atoms with Gasteiger partial charge in [0, 0.05) is 11.6 Å². The van der Waals surface area contributed by atoms with Crippen LogP contribution in [0.3, 0.4) is 0 Å². The SMILES string of the molecule is NCc1ccc(Oc2ccc(Cl)cc2Br)c(F)c1Br. The first-order valence-corrected chi connectivity index (χ1v) is 7.29. The lowest BCUT2D eigenvalue weighted by atomic mass is 10.2. The van der Waals surface area contributed by atoms with Crippen molar-refractivity contribution < 1.29 is 9.13 Å². The van der Waals surface area contributed by atoms with E-state index in [1.54, 1.807) is 30.3 Å². The molecule has 0 fully saturated rings. The predicted molar refractivity (Wildman–Crippen MR) is 81.2 cm³/mol. The topological polar surface area (TPSA) is 35.2 Å². The number of hydrogen-bond donors (Lipinski definition) is 1. The smallest absolute Gasteiger partial charge is 0.180 e. The van der Waals surface area contributed by atoms with E-state index in [0.29, 0.717) is 25.3 Å². The molecule has 0 aromatic heterocycles. The van der Waals surface area contributed by atoms with Crippen LogP contribution in [0, 0.1) is 5.82 Å². The summed E-state index contributed by atoms with van der Waals surface area (Å²) >= 11 is 12.3. The molecule has 0 aliphatic rings. The lowest BCUT2D eigenvalue weighted by molar-refractivity contribution is 0.437. The molecular weight excluding hydrogens is 400 g/mol. The summed E-state index contributed by atoms with van der Waals surface area (Å²) in [4.78, 5) is 0. The Morgan fingerprint density at radius 3 is 2.47 bits per heavy atom. The summed E-state index contributed by atoms with van der Waals surface area (Å²) < 4.78 is 20.6. The molecule has 2 aromatic rings. The minimum atomic E-state index is -0.482. The average Bonchev–Trinajstić information content (AvgIpc) is 2.38. The molecule has 0 aliphatic heterocycles. The second kappa shape index (κ2) is 6.22. The quantitative estimate of drug-likeness (QED) is 0.751. The minimum absolute atomic E-state index is 0.118. The van der Waals surface area contributed by atoms with Gasteiger partial charge >= 0.3 is 0 Å². The molecule has 0 heterocycles. The summed E-state index contributed by atoms with van der Waals surface area (Å²) in [6.07, 6.45) is 0. The molecule has 0 saturated heterocycles. The van der Waals surface area contributed by atoms with Gasteiger partial charge in [0.05, 0.1) is 8.95 Å². The van der Waals surface area contributed by atoms with Crippen LogP contribution in [0.4, 0.5) is 4.39 Å². The molecule has 0 aliphatic carbocycles. The Morgan fingerprint density at radius 1 is 1.16 bits per heavy atom. The van der Waals surface area contributed by atoms with Crippen LogP contribution in [0.5, 0.6) is 11.5 Å². The van der Waals surface area contributed by atoms with Crippen molar-refractivity contribution in [1.29, 1.82) is 0 Å². The van der Waals surface area contributed by atoms with Gasteiger partial charge in [0.25, 0.3) is 0 Å². The lowest BCUT2D eigenvalue weighted by Gasteiger charge is -2.11. The van der Waals surface area contributed by atoms with Crippen LogP contribution in [0.25, 0.3) is 0 Å². The number of halogens is 4. The van der Waals surface area contributed by atoms with E-state index in [2.05, 4.69) is 31.9 Å². The van der Waals surface area contributed by atoms with Crippen LogP contribution < -0.4 is 10.5 Å². The normalized spacial score (nSPS) is 10.6. The molecule has 2 rings (SSSR count). The molecule has 0 bridgehead atoms. The Hall–Kier alpha value is -0.620. The van der Waals surface area contributed by atoms with Crippen molar-refractivity contribution in [2.24, 2.45) is 5.73 Å². The van der Waals surface area contributed by atoms with E-state index in [1.807, 2.05) is 0 Å². The third-order valence-corrected chi connectivity index (χ3v) is 4.17. The third-order valence-electron chi connectivity index (χ3n) is 2.46. The van der Waals surface area contributed by atoms with Crippen molar-refractivity contribution in [3.05, 3.63) is 55.7 Å². The Labute approximate surface area is 132 Å². The van der Waals surface area contributed by atoms with Crippen LogP contribution in [0.15, 0.2) is 39.3 Å².